The van der Waals surface area contributed by atoms with E-state index in [1.54, 1.807) is 35.2 Å². The van der Waals surface area contributed by atoms with Crippen molar-refractivity contribution in [3.05, 3.63) is 35.9 Å². The van der Waals surface area contributed by atoms with Crippen LogP contribution in [0.5, 0.6) is 5.75 Å². The third kappa shape index (κ3) is 3.84. The van der Waals surface area contributed by atoms with Crippen molar-refractivity contribution in [2.45, 2.75) is 6.42 Å². The van der Waals surface area contributed by atoms with Crippen LogP contribution in [0, 0.1) is 0 Å². The van der Waals surface area contributed by atoms with Crippen LogP contribution >= 0.6 is 0 Å². The summed E-state index contributed by atoms with van der Waals surface area (Å²) in [6, 6.07) is 6.59. The molecule has 0 bridgehead atoms. The molecule has 1 aliphatic heterocycles. The average Bonchev–Trinajstić information content (AvgIpc) is 2.63. The lowest BCUT2D eigenvalue weighted by Crippen LogP contribution is -2.32. The summed E-state index contributed by atoms with van der Waals surface area (Å²) in [6.07, 6.45) is 3.53. The number of hydrogen-bond donors (Lipinski definition) is 2. The Bertz CT molecular complexity index is 494. The number of hydrogen-bond acceptors (Lipinski definition) is 3. The van der Waals surface area contributed by atoms with E-state index >= 15 is 0 Å². The van der Waals surface area contributed by atoms with Crippen LogP contribution in [0.1, 0.15) is 12.0 Å². The van der Waals surface area contributed by atoms with E-state index in [9.17, 15) is 9.59 Å². The van der Waals surface area contributed by atoms with Crippen LogP contribution in [0.15, 0.2) is 30.3 Å². The van der Waals surface area contributed by atoms with Gasteiger partial charge in [-0.3, -0.25) is 9.59 Å². The first-order chi connectivity index (χ1) is 9.15. The van der Waals surface area contributed by atoms with E-state index in [1.165, 1.54) is 6.08 Å². The Kier molecular flexibility index (Phi) is 4.18. The molecule has 0 saturated carbocycles. The normalized spacial score (nSPS) is 16.2. The standard InChI is InChI=1S/C14H16N2O3/c17-12-4-1-11(2-5-12)3-6-14(19)16-9-7-13(18)15-8-10-16/h1-6,17H,7-10H2,(H,15,18). The van der Waals surface area contributed by atoms with Crippen molar-refractivity contribution in [2.24, 2.45) is 0 Å². The van der Waals surface area contributed by atoms with Crippen LogP contribution in [0.4, 0.5) is 0 Å². The second-order valence-corrected chi connectivity index (χ2v) is 4.35. The summed E-state index contributed by atoms with van der Waals surface area (Å²) in [5.74, 6) is 0.0722. The molecule has 0 aliphatic carbocycles. The first-order valence-corrected chi connectivity index (χ1v) is 6.18. The maximum Gasteiger partial charge on any atom is 0.246 e. The fraction of sp³-hybridized carbons (Fsp3) is 0.286. The highest BCUT2D eigenvalue weighted by atomic mass is 16.3. The predicted molar refractivity (Wildman–Crippen MR) is 71.3 cm³/mol. The summed E-state index contributed by atoms with van der Waals surface area (Å²) in [7, 11) is 0. The number of nitrogens with zero attached hydrogens (tertiary/aromatic N) is 1. The molecule has 5 heteroatoms. The number of nitrogens with one attached hydrogen (secondary N) is 1. The lowest BCUT2D eigenvalue weighted by molar-refractivity contribution is -0.125. The van der Waals surface area contributed by atoms with Crippen molar-refractivity contribution < 1.29 is 14.7 Å². The third-order valence-corrected chi connectivity index (χ3v) is 2.94. The zero-order valence-corrected chi connectivity index (χ0v) is 10.5. The van der Waals surface area contributed by atoms with Gasteiger partial charge >= 0.3 is 0 Å². The third-order valence-electron chi connectivity index (χ3n) is 2.94. The molecule has 0 aromatic heterocycles. The maximum atomic E-state index is 11.9. The fourth-order valence-corrected chi connectivity index (χ4v) is 1.85. The molecule has 0 radical (unpaired) electrons. The minimum atomic E-state index is -0.107. The molecule has 1 heterocycles. The molecule has 5 nitrogen and oxygen atoms in total. The van der Waals surface area contributed by atoms with Gasteiger partial charge in [0.25, 0.3) is 0 Å². The van der Waals surface area contributed by atoms with Gasteiger partial charge in [-0.05, 0) is 23.8 Å². The Balaban J connectivity index is 1.96. The van der Waals surface area contributed by atoms with E-state index in [2.05, 4.69) is 5.32 Å². The van der Waals surface area contributed by atoms with Crippen molar-refractivity contribution in [1.82, 2.24) is 10.2 Å². The molecule has 19 heavy (non-hydrogen) atoms. The lowest BCUT2D eigenvalue weighted by atomic mass is 10.2. The number of benzene rings is 1. The van der Waals surface area contributed by atoms with Gasteiger partial charge in [-0.15, -0.1) is 0 Å². The van der Waals surface area contributed by atoms with Gasteiger partial charge in [0.15, 0.2) is 0 Å². The van der Waals surface area contributed by atoms with Gasteiger partial charge in [0.1, 0.15) is 5.75 Å². The Morgan fingerprint density at radius 2 is 2.00 bits per heavy atom. The van der Waals surface area contributed by atoms with Gasteiger partial charge in [0.2, 0.25) is 11.8 Å². The molecular weight excluding hydrogens is 244 g/mol. The minimum Gasteiger partial charge on any atom is -0.508 e. The topological polar surface area (TPSA) is 69.6 Å². The molecule has 1 aromatic carbocycles. The second kappa shape index (κ2) is 6.04. The van der Waals surface area contributed by atoms with Crippen molar-refractivity contribution >= 4 is 17.9 Å². The van der Waals surface area contributed by atoms with E-state index < -0.39 is 0 Å². The van der Waals surface area contributed by atoms with Crippen molar-refractivity contribution in [3.8, 4) is 5.75 Å². The molecule has 1 aliphatic rings. The second-order valence-electron chi connectivity index (χ2n) is 4.35. The van der Waals surface area contributed by atoms with Gasteiger partial charge in [-0.2, -0.15) is 0 Å². The largest absolute Gasteiger partial charge is 0.508 e. The number of aromatic hydroxyl groups is 1. The van der Waals surface area contributed by atoms with Gasteiger partial charge in [0, 0.05) is 32.1 Å². The smallest absolute Gasteiger partial charge is 0.246 e. The molecular formula is C14H16N2O3. The summed E-state index contributed by atoms with van der Waals surface area (Å²) >= 11 is 0. The number of phenolic OH excluding ortho intramolecular Hbond substituents is 1. The van der Waals surface area contributed by atoms with Gasteiger partial charge in [-0.1, -0.05) is 12.1 Å². The van der Waals surface area contributed by atoms with Crippen molar-refractivity contribution in [2.75, 3.05) is 19.6 Å². The highest BCUT2D eigenvalue weighted by Crippen LogP contribution is 2.11. The average molecular weight is 260 g/mol. The molecule has 0 unspecified atom stereocenters. The SMILES string of the molecule is O=C1CCN(C(=O)C=Cc2ccc(O)cc2)CCN1. The Labute approximate surface area is 111 Å². The summed E-state index contributed by atoms with van der Waals surface area (Å²) in [5, 5.41) is 11.9. The van der Waals surface area contributed by atoms with Gasteiger partial charge < -0.3 is 15.3 Å². The van der Waals surface area contributed by atoms with Crippen molar-refractivity contribution in [1.29, 1.82) is 0 Å². The molecule has 0 spiro atoms. The van der Waals surface area contributed by atoms with E-state index in [0.717, 1.165) is 5.56 Å². The minimum absolute atomic E-state index is 0.0159. The van der Waals surface area contributed by atoms with E-state index in [0.29, 0.717) is 26.1 Å². The molecule has 2 N–H and O–H groups in total. The zero-order valence-electron chi connectivity index (χ0n) is 10.5. The quantitative estimate of drug-likeness (QED) is 0.771. The van der Waals surface area contributed by atoms with Crippen LogP contribution in [0.3, 0.4) is 0 Å². The fourth-order valence-electron chi connectivity index (χ4n) is 1.85. The number of phenols is 1. The van der Waals surface area contributed by atoms with Crippen molar-refractivity contribution in [3.63, 3.8) is 0 Å². The van der Waals surface area contributed by atoms with Crippen LogP contribution in [-0.2, 0) is 9.59 Å². The molecule has 0 atom stereocenters. The maximum absolute atomic E-state index is 11.9. The highest BCUT2D eigenvalue weighted by Gasteiger charge is 2.16. The lowest BCUT2D eigenvalue weighted by Gasteiger charge is -2.17. The molecule has 2 amide bonds. The van der Waals surface area contributed by atoms with E-state index in [-0.39, 0.29) is 17.6 Å². The number of carbonyl (C=O) groups is 2. The zero-order chi connectivity index (χ0) is 13.7. The highest BCUT2D eigenvalue weighted by molar-refractivity contribution is 5.92. The van der Waals surface area contributed by atoms with Crippen LogP contribution in [0.2, 0.25) is 0 Å². The monoisotopic (exact) mass is 260 g/mol. The Morgan fingerprint density at radius 1 is 1.26 bits per heavy atom. The van der Waals surface area contributed by atoms with Crippen LogP contribution in [-0.4, -0.2) is 41.5 Å². The van der Waals surface area contributed by atoms with E-state index in [1.807, 2.05) is 0 Å². The molecule has 100 valence electrons. The van der Waals surface area contributed by atoms with Crippen LogP contribution < -0.4 is 5.32 Å². The summed E-state index contributed by atoms with van der Waals surface area (Å²) in [5.41, 5.74) is 0.843. The number of rotatable bonds is 2. The predicted octanol–water partition coefficient (Wildman–Crippen LogP) is 0.754. The summed E-state index contributed by atoms with van der Waals surface area (Å²) in [4.78, 5) is 24.8. The van der Waals surface area contributed by atoms with Crippen LogP contribution in [0.25, 0.3) is 6.08 Å². The van der Waals surface area contributed by atoms with Gasteiger partial charge in [-0.25, -0.2) is 0 Å². The first-order valence-electron chi connectivity index (χ1n) is 6.18. The molecule has 1 aromatic rings. The van der Waals surface area contributed by atoms with Gasteiger partial charge in [0.05, 0.1) is 0 Å². The molecule has 1 saturated heterocycles. The summed E-state index contributed by atoms with van der Waals surface area (Å²) < 4.78 is 0. The van der Waals surface area contributed by atoms with E-state index in [4.69, 9.17) is 5.11 Å². The summed E-state index contributed by atoms with van der Waals surface area (Å²) in [6.45, 7) is 1.48. The number of amides is 2. The molecule has 2 rings (SSSR count). The number of carbonyl (C=O) groups excluding carboxylic acids is 2. The molecule has 1 fully saturated rings. The Morgan fingerprint density at radius 3 is 2.74 bits per heavy atom. The first kappa shape index (κ1) is 13.1. The Hall–Kier alpha value is -2.30.